The van der Waals surface area contributed by atoms with Crippen LogP contribution in [0.5, 0.6) is 0 Å². The maximum Gasteiger partial charge on any atom is 0.180 e. The molecule has 2 rings (SSSR count). The smallest absolute Gasteiger partial charge is 0.180 e. The van der Waals surface area contributed by atoms with Gasteiger partial charge in [-0.1, -0.05) is 0 Å². The second-order valence-corrected chi connectivity index (χ2v) is 3.88. The highest BCUT2D eigenvalue weighted by atomic mass is 16.3. The van der Waals surface area contributed by atoms with E-state index in [1.54, 1.807) is 6.20 Å². The molecule has 0 bridgehead atoms. The van der Waals surface area contributed by atoms with Crippen molar-refractivity contribution < 1.29 is 4.42 Å². The molecule has 0 aliphatic carbocycles. The minimum atomic E-state index is 0.693. The van der Waals surface area contributed by atoms with Gasteiger partial charge < -0.3 is 14.6 Å². The molecular formula is C10H17N3O. The van der Waals surface area contributed by atoms with Crippen LogP contribution in [0.2, 0.25) is 0 Å². The summed E-state index contributed by atoms with van der Waals surface area (Å²) >= 11 is 0. The molecule has 0 amide bonds. The van der Waals surface area contributed by atoms with Crippen molar-refractivity contribution in [1.29, 1.82) is 0 Å². The Morgan fingerprint density at radius 1 is 1.71 bits per heavy atom. The van der Waals surface area contributed by atoms with E-state index in [1.807, 2.05) is 0 Å². The van der Waals surface area contributed by atoms with Crippen LogP contribution < -0.4 is 5.32 Å². The van der Waals surface area contributed by atoms with Gasteiger partial charge in [-0.3, -0.25) is 0 Å². The third-order valence-corrected chi connectivity index (χ3v) is 2.83. The summed E-state index contributed by atoms with van der Waals surface area (Å²) in [6, 6.07) is 0.693. The summed E-state index contributed by atoms with van der Waals surface area (Å²) in [6.45, 7) is 3.05. The van der Waals surface area contributed by atoms with Crippen molar-refractivity contribution in [3.05, 3.63) is 18.4 Å². The summed E-state index contributed by atoms with van der Waals surface area (Å²) in [5.74, 6) is 0.908. The lowest BCUT2D eigenvalue weighted by Gasteiger charge is -2.19. The molecule has 0 aromatic carbocycles. The molecule has 2 heterocycles. The number of likely N-dealkylation sites (N-methyl/N-ethyl adjacent to an activating group) is 1. The molecule has 4 nitrogen and oxygen atoms in total. The van der Waals surface area contributed by atoms with Gasteiger partial charge in [0.25, 0.3) is 0 Å². The zero-order chi connectivity index (χ0) is 9.80. The van der Waals surface area contributed by atoms with Crippen molar-refractivity contribution in [3.63, 3.8) is 0 Å². The highest BCUT2D eigenvalue weighted by Crippen LogP contribution is 2.13. The molecule has 14 heavy (non-hydrogen) atoms. The molecule has 4 heteroatoms. The lowest BCUT2D eigenvalue weighted by Crippen LogP contribution is -2.35. The van der Waals surface area contributed by atoms with E-state index < -0.39 is 0 Å². The molecule has 0 saturated carbocycles. The van der Waals surface area contributed by atoms with E-state index >= 15 is 0 Å². The maximum absolute atomic E-state index is 5.14. The van der Waals surface area contributed by atoms with Crippen LogP contribution in [0.4, 0.5) is 0 Å². The number of likely N-dealkylation sites (tertiary alicyclic amines) is 1. The van der Waals surface area contributed by atoms with Crippen LogP contribution in [0.3, 0.4) is 0 Å². The number of hydrogen-bond donors (Lipinski definition) is 1. The van der Waals surface area contributed by atoms with Crippen molar-refractivity contribution in [2.45, 2.75) is 25.4 Å². The Hall–Kier alpha value is -0.870. The van der Waals surface area contributed by atoms with E-state index in [1.165, 1.54) is 25.8 Å². The minimum Gasteiger partial charge on any atom is -0.447 e. The lowest BCUT2D eigenvalue weighted by atomic mass is 10.2. The number of aromatic nitrogens is 1. The fourth-order valence-corrected chi connectivity index (χ4v) is 1.93. The first-order valence-corrected chi connectivity index (χ1v) is 5.14. The van der Waals surface area contributed by atoms with Gasteiger partial charge in [-0.2, -0.15) is 0 Å². The summed E-state index contributed by atoms with van der Waals surface area (Å²) in [4.78, 5) is 6.28. The van der Waals surface area contributed by atoms with Gasteiger partial charge in [-0.05, 0) is 26.4 Å². The first kappa shape index (κ1) is 9.68. The second kappa shape index (κ2) is 4.57. The van der Waals surface area contributed by atoms with E-state index in [2.05, 4.69) is 22.2 Å². The van der Waals surface area contributed by atoms with E-state index in [-0.39, 0.29) is 0 Å². The van der Waals surface area contributed by atoms with Crippen LogP contribution in [0.1, 0.15) is 18.6 Å². The van der Waals surface area contributed by atoms with Crippen LogP contribution >= 0.6 is 0 Å². The van der Waals surface area contributed by atoms with Gasteiger partial charge in [-0.15, -0.1) is 0 Å². The number of nitrogens with zero attached hydrogens (tertiary/aromatic N) is 2. The Kier molecular flexibility index (Phi) is 3.16. The van der Waals surface area contributed by atoms with Crippen LogP contribution in [0.15, 0.2) is 17.0 Å². The normalized spacial score (nSPS) is 23.1. The molecule has 1 atom stereocenters. The molecule has 1 saturated heterocycles. The molecule has 1 aliphatic heterocycles. The van der Waals surface area contributed by atoms with Crippen molar-refractivity contribution >= 4 is 0 Å². The average Bonchev–Trinajstić information content (AvgIpc) is 2.78. The molecule has 1 aromatic heterocycles. The number of rotatable bonds is 4. The average molecular weight is 195 g/mol. The molecule has 1 fully saturated rings. The van der Waals surface area contributed by atoms with Gasteiger partial charge >= 0.3 is 0 Å². The molecule has 1 aliphatic rings. The molecular weight excluding hydrogens is 178 g/mol. The summed E-state index contributed by atoms with van der Waals surface area (Å²) < 4.78 is 5.14. The quantitative estimate of drug-likeness (QED) is 0.773. The number of nitrogens with one attached hydrogen (secondary N) is 1. The number of hydrogen-bond acceptors (Lipinski definition) is 4. The van der Waals surface area contributed by atoms with Gasteiger partial charge in [-0.25, -0.2) is 4.98 Å². The molecule has 1 N–H and O–H groups in total. The first-order valence-electron chi connectivity index (χ1n) is 5.14. The fourth-order valence-electron chi connectivity index (χ4n) is 1.93. The van der Waals surface area contributed by atoms with Crippen molar-refractivity contribution in [2.75, 3.05) is 20.1 Å². The Labute approximate surface area is 84.3 Å². The van der Waals surface area contributed by atoms with Crippen LogP contribution in [-0.2, 0) is 6.54 Å². The Morgan fingerprint density at radius 3 is 3.29 bits per heavy atom. The van der Waals surface area contributed by atoms with E-state index in [4.69, 9.17) is 4.42 Å². The van der Waals surface area contributed by atoms with Crippen molar-refractivity contribution in [2.24, 2.45) is 0 Å². The lowest BCUT2D eigenvalue weighted by molar-refractivity contribution is 0.297. The fraction of sp³-hybridized carbons (Fsp3) is 0.700. The summed E-state index contributed by atoms with van der Waals surface area (Å²) in [5.41, 5.74) is 0. The Morgan fingerprint density at radius 2 is 2.64 bits per heavy atom. The van der Waals surface area contributed by atoms with Crippen LogP contribution in [0, 0.1) is 0 Å². The van der Waals surface area contributed by atoms with Gasteiger partial charge in [0, 0.05) is 12.6 Å². The first-order chi connectivity index (χ1) is 6.86. The largest absolute Gasteiger partial charge is 0.447 e. The van der Waals surface area contributed by atoms with E-state index in [9.17, 15) is 0 Å². The molecule has 1 aromatic rings. The summed E-state index contributed by atoms with van der Waals surface area (Å²) in [6.07, 6.45) is 5.86. The maximum atomic E-state index is 5.14. The monoisotopic (exact) mass is 195 g/mol. The zero-order valence-electron chi connectivity index (χ0n) is 8.57. The third-order valence-electron chi connectivity index (χ3n) is 2.83. The topological polar surface area (TPSA) is 41.3 Å². The van der Waals surface area contributed by atoms with Gasteiger partial charge in [0.05, 0.1) is 12.7 Å². The molecule has 0 radical (unpaired) electrons. The summed E-state index contributed by atoms with van der Waals surface area (Å²) in [7, 11) is 2.19. The third kappa shape index (κ3) is 2.33. The standard InChI is InChI=1S/C10H17N3O/c1-13-4-2-3-9(13)5-11-6-10-7-12-8-14-10/h7-9,11H,2-6H2,1H3. The van der Waals surface area contributed by atoms with Gasteiger partial charge in [0.1, 0.15) is 5.76 Å². The second-order valence-electron chi connectivity index (χ2n) is 3.88. The molecule has 78 valence electrons. The van der Waals surface area contributed by atoms with Crippen molar-refractivity contribution in [1.82, 2.24) is 15.2 Å². The zero-order valence-corrected chi connectivity index (χ0v) is 8.57. The molecule has 0 spiro atoms. The van der Waals surface area contributed by atoms with Crippen LogP contribution in [0.25, 0.3) is 0 Å². The van der Waals surface area contributed by atoms with E-state index in [0.29, 0.717) is 6.04 Å². The number of oxazole rings is 1. The predicted octanol–water partition coefficient (Wildman–Crippen LogP) is 0.858. The molecule has 1 unspecified atom stereocenters. The van der Waals surface area contributed by atoms with Gasteiger partial charge in [0.2, 0.25) is 0 Å². The highest BCUT2D eigenvalue weighted by Gasteiger charge is 2.19. The summed E-state index contributed by atoms with van der Waals surface area (Å²) in [5, 5.41) is 3.38. The highest BCUT2D eigenvalue weighted by molar-refractivity contribution is 4.88. The predicted molar refractivity (Wildman–Crippen MR) is 53.9 cm³/mol. The minimum absolute atomic E-state index is 0.693. The SMILES string of the molecule is CN1CCCC1CNCc1cnco1. The van der Waals surface area contributed by atoms with E-state index in [0.717, 1.165) is 18.8 Å². The van der Waals surface area contributed by atoms with Gasteiger partial charge in [0.15, 0.2) is 6.39 Å². The van der Waals surface area contributed by atoms with Crippen LogP contribution in [-0.4, -0.2) is 36.1 Å². The Balaban J connectivity index is 1.68. The Bertz CT molecular complexity index is 260. The van der Waals surface area contributed by atoms with Crippen molar-refractivity contribution in [3.8, 4) is 0 Å².